The van der Waals surface area contributed by atoms with Crippen molar-refractivity contribution >= 4 is 11.8 Å². The second kappa shape index (κ2) is 5.81. The van der Waals surface area contributed by atoms with Crippen LogP contribution in [0.1, 0.15) is 12.5 Å². The van der Waals surface area contributed by atoms with Crippen molar-refractivity contribution in [2.75, 3.05) is 7.11 Å². The Morgan fingerprint density at radius 2 is 2.27 bits per heavy atom. The third-order valence-corrected chi connectivity index (χ3v) is 2.03. The van der Waals surface area contributed by atoms with Gasteiger partial charge in [0.15, 0.2) is 0 Å². The Morgan fingerprint density at radius 1 is 1.47 bits per heavy atom. The van der Waals surface area contributed by atoms with Crippen molar-refractivity contribution in [3.63, 3.8) is 0 Å². The SMILES string of the molecule is C=CN=C/C(=C\C)c1cccc(OC)c1. The number of rotatable bonds is 4. The average Bonchev–Trinajstić information content (AvgIpc) is 2.30. The van der Waals surface area contributed by atoms with Crippen LogP contribution in [0.5, 0.6) is 5.75 Å². The monoisotopic (exact) mass is 201 g/mol. The summed E-state index contributed by atoms with van der Waals surface area (Å²) >= 11 is 0. The molecule has 0 atom stereocenters. The van der Waals surface area contributed by atoms with Gasteiger partial charge in [0, 0.05) is 12.4 Å². The summed E-state index contributed by atoms with van der Waals surface area (Å²) in [7, 11) is 1.66. The highest BCUT2D eigenvalue weighted by molar-refractivity contribution is 6.09. The van der Waals surface area contributed by atoms with Gasteiger partial charge in [-0.2, -0.15) is 0 Å². The number of aliphatic imine (C=N–C) groups is 1. The zero-order valence-electron chi connectivity index (χ0n) is 9.10. The number of benzene rings is 1. The molecule has 0 unspecified atom stereocenters. The molecule has 15 heavy (non-hydrogen) atoms. The third-order valence-electron chi connectivity index (χ3n) is 2.03. The van der Waals surface area contributed by atoms with Crippen LogP contribution >= 0.6 is 0 Å². The molecule has 0 saturated carbocycles. The van der Waals surface area contributed by atoms with Crippen molar-refractivity contribution in [2.45, 2.75) is 6.92 Å². The van der Waals surface area contributed by atoms with Gasteiger partial charge in [-0.1, -0.05) is 24.8 Å². The summed E-state index contributed by atoms with van der Waals surface area (Å²) in [6.45, 7) is 5.52. The maximum absolute atomic E-state index is 5.16. The lowest BCUT2D eigenvalue weighted by Gasteiger charge is -2.04. The van der Waals surface area contributed by atoms with Crippen LogP contribution in [0.4, 0.5) is 0 Å². The Hall–Kier alpha value is -1.83. The quantitative estimate of drug-likeness (QED) is 0.685. The highest BCUT2D eigenvalue weighted by Crippen LogP contribution is 2.18. The summed E-state index contributed by atoms with van der Waals surface area (Å²) in [4.78, 5) is 4.00. The van der Waals surface area contributed by atoms with E-state index in [2.05, 4.69) is 11.6 Å². The summed E-state index contributed by atoms with van der Waals surface area (Å²) in [6.07, 6.45) is 5.30. The lowest BCUT2D eigenvalue weighted by Crippen LogP contribution is -1.88. The first-order valence-electron chi connectivity index (χ1n) is 4.76. The number of nitrogens with zero attached hydrogens (tertiary/aromatic N) is 1. The first-order chi connectivity index (χ1) is 7.31. The third kappa shape index (κ3) is 3.09. The van der Waals surface area contributed by atoms with E-state index in [9.17, 15) is 0 Å². The second-order valence-corrected chi connectivity index (χ2v) is 2.94. The van der Waals surface area contributed by atoms with Crippen LogP contribution in [0.3, 0.4) is 0 Å². The van der Waals surface area contributed by atoms with E-state index in [-0.39, 0.29) is 0 Å². The van der Waals surface area contributed by atoms with Gasteiger partial charge in [-0.3, -0.25) is 4.99 Å². The van der Waals surface area contributed by atoms with Gasteiger partial charge < -0.3 is 4.74 Å². The highest BCUT2D eigenvalue weighted by Gasteiger charge is 1.98. The minimum absolute atomic E-state index is 0.846. The Morgan fingerprint density at radius 3 is 2.87 bits per heavy atom. The normalized spacial score (nSPS) is 11.7. The second-order valence-electron chi connectivity index (χ2n) is 2.94. The largest absolute Gasteiger partial charge is 0.497 e. The topological polar surface area (TPSA) is 21.6 Å². The molecule has 2 nitrogen and oxygen atoms in total. The molecule has 1 aromatic carbocycles. The van der Waals surface area contributed by atoms with Crippen LogP contribution in [0.2, 0.25) is 0 Å². The van der Waals surface area contributed by atoms with E-state index in [1.54, 1.807) is 13.3 Å². The van der Waals surface area contributed by atoms with Crippen LogP contribution in [-0.2, 0) is 0 Å². The predicted molar refractivity (Wildman–Crippen MR) is 65.3 cm³/mol. The Bertz CT molecular complexity index is 391. The molecule has 0 heterocycles. The van der Waals surface area contributed by atoms with Gasteiger partial charge in [0.05, 0.1) is 7.11 Å². The first-order valence-corrected chi connectivity index (χ1v) is 4.76. The molecule has 0 aromatic heterocycles. The van der Waals surface area contributed by atoms with E-state index in [1.807, 2.05) is 37.3 Å². The number of allylic oxidation sites excluding steroid dienone is 2. The van der Waals surface area contributed by atoms with Crippen molar-refractivity contribution in [2.24, 2.45) is 4.99 Å². The van der Waals surface area contributed by atoms with Gasteiger partial charge in [-0.05, 0) is 30.2 Å². The van der Waals surface area contributed by atoms with E-state index in [1.165, 1.54) is 6.20 Å². The Labute approximate surface area is 90.6 Å². The number of ether oxygens (including phenoxy) is 1. The molecule has 0 radical (unpaired) electrons. The van der Waals surface area contributed by atoms with Crippen molar-refractivity contribution in [1.29, 1.82) is 0 Å². The fraction of sp³-hybridized carbons (Fsp3) is 0.154. The fourth-order valence-corrected chi connectivity index (χ4v) is 1.25. The molecule has 0 spiro atoms. The number of hydrogen-bond donors (Lipinski definition) is 0. The molecule has 0 aliphatic heterocycles. The van der Waals surface area contributed by atoms with Gasteiger partial charge in [0.1, 0.15) is 5.75 Å². The standard InChI is InChI=1S/C13H15NO/c1-4-11(10-14-5-2)12-7-6-8-13(9-12)15-3/h4-10H,2H2,1,3H3/b11-4+,14-10?. The maximum atomic E-state index is 5.16. The molecule has 0 fully saturated rings. The molecule has 0 aliphatic rings. The first kappa shape index (κ1) is 11.2. The number of hydrogen-bond acceptors (Lipinski definition) is 2. The summed E-state index contributed by atoms with van der Waals surface area (Å²) < 4.78 is 5.16. The van der Waals surface area contributed by atoms with E-state index in [4.69, 9.17) is 4.74 Å². The van der Waals surface area contributed by atoms with E-state index in [0.29, 0.717) is 0 Å². The van der Waals surface area contributed by atoms with E-state index >= 15 is 0 Å². The molecule has 0 N–H and O–H groups in total. The summed E-state index contributed by atoms with van der Waals surface area (Å²) in [6, 6.07) is 7.87. The van der Waals surface area contributed by atoms with Crippen LogP contribution in [0.15, 0.2) is 48.1 Å². The lowest BCUT2D eigenvalue weighted by molar-refractivity contribution is 0.414. The molecule has 0 aliphatic carbocycles. The molecular formula is C13H15NO. The smallest absolute Gasteiger partial charge is 0.119 e. The minimum Gasteiger partial charge on any atom is -0.497 e. The average molecular weight is 201 g/mol. The molecule has 2 heteroatoms. The molecular weight excluding hydrogens is 186 g/mol. The number of methoxy groups -OCH3 is 1. The van der Waals surface area contributed by atoms with Crippen LogP contribution < -0.4 is 4.74 Å². The van der Waals surface area contributed by atoms with Crippen molar-refractivity contribution in [1.82, 2.24) is 0 Å². The minimum atomic E-state index is 0.846. The zero-order chi connectivity index (χ0) is 11.1. The van der Waals surface area contributed by atoms with Crippen molar-refractivity contribution in [3.8, 4) is 5.75 Å². The van der Waals surface area contributed by atoms with Gasteiger partial charge >= 0.3 is 0 Å². The molecule has 78 valence electrons. The van der Waals surface area contributed by atoms with Gasteiger partial charge in [-0.15, -0.1) is 0 Å². The molecule has 1 rings (SSSR count). The Kier molecular flexibility index (Phi) is 4.35. The lowest BCUT2D eigenvalue weighted by atomic mass is 10.1. The summed E-state index contributed by atoms with van der Waals surface area (Å²) in [5.41, 5.74) is 2.14. The van der Waals surface area contributed by atoms with Gasteiger partial charge in [-0.25, -0.2) is 0 Å². The van der Waals surface area contributed by atoms with Crippen molar-refractivity contribution in [3.05, 3.63) is 48.7 Å². The van der Waals surface area contributed by atoms with Gasteiger partial charge in [0.25, 0.3) is 0 Å². The molecule has 0 amide bonds. The molecule has 0 saturated heterocycles. The van der Waals surface area contributed by atoms with E-state index < -0.39 is 0 Å². The maximum Gasteiger partial charge on any atom is 0.119 e. The van der Waals surface area contributed by atoms with Crippen LogP contribution in [0, 0.1) is 0 Å². The van der Waals surface area contributed by atoms with Crippen LogP contribution in [0.25, 0.3) is 5.57 Å². The van der Waals surface area contributed by atoms with Crippen molar-refractivity contribution < 1.29 is 4.74 Å². The van der Waals surface area contributed by atoms with E-state index in [0.717, 1.165) is 16.9 Å². The molecule has 0 bridgehead atoms. The predicted octanol–water partition coefficient (Wildman–Crippen LogP) is 3.31. The zero-order valence-corrected chi connectivity index (χ0v) is 9.10. The molecule has 1 aromatic rings. The van der Waals surface area contributed by atoms with Gasteiger partial charge in [0.2, 0.25) is 0 Å². The van der Waals surface area contributed by atoms with Crippen LogP contribution in [-0.4, -0.2) is 13.3 Å². The fourth-order valence-electron chi connectivity index (χ4n) is 1.25. The summed E-state index contributed by atoms with van der Waals surface area (Å²) in [5, 5.41) is 0. The summed E-state index contributed by atoms with van der Waals surface area (Å²) in [5.74, 6) is 0.846. The Balaban J connectivity index is 3.02. The highest BCUT2D eigenvalue weighted by atomic mass is 16.5.